The van der Waals surface area contributed by atoms with Gasteiger partial charge in [-0.3, -0.25) is 14.6 Å². The van der Waals surface area contributed by atoms with Gasteiger partial charge in [0.25, 0.3) is 5.91 Å². The van der Waals surface area contributed by atoms with E-state index >= 15 is 0 Å². The van der Waals surface area contributed by atoms with Gasteiger partial charge in [-0.25, -0.2) is 0 Å². The van der Waals surface area contributed by atoms with Gasteiger partial charge in [-0.15, -0.1) is 0 Å². The van der Waals surface area contributed by atoms with Crippen molar-refractivity contribution in [2.45, 2.75) is 25.4 Å². The van der Waals surface area contributed by atoms with Crippen molar-refractivity contribution in [2.24, 2.45) is 0 Å². The molecule has 1 N–H and O–H groups in total. The molecule has 148 valence electrons. The summed E-state index contributed by atoms with van der Waals surface area (Å²) in [5, 5.41) is 7.31. The van der Waals surface area contributed by atoms with Gasteiger partial charge in [0, 0.05) is 37.1 Å². The first kappa shape index (κ1) is 19.1. The Bertz CT molecular complexity index is 1020. The number of hydrogen-bond donors (Lipinski definition) is 1. The number of amides is 2. The van der Waals surface area contributed by atoms with E-state index in [1.165, 1.54) is 0 Å². The number of pyridine rings is 1. The second kappa shape index (κ2) is 8.45. The zero-order valence-corrected chi connectivity index (χ0v) is 16.3. The van der Waals surface area contributed by atoms with E-state index in [2.05, 4.69) is 15.5 Å². The lowest BCUT2D eigenvalue weighted by atomic mass is 10.1. The van der Waals surface area contributed by atoms with Gasteiger partial charge in [0.15, 0.2) is 11.5 Å². The predicted molar refractivity (Wildman–Crippen MR) is 107 cm³/mol. The van der Waals surface area contributed by atoms with Crippen LogP contribution in [0.1, 0.15) is 28.9 Å². The highest BCUT2D eigenvalue weighted by molar-refractivity contribution is 6.33. The number of nitrogens with one attached hydrogen (secondary N) is 1. The maximum Gasteiger partial charge on any atom is 0.276 e. The fourth-order valence-corrected chi connectivity index (χ4v) is 3.63. The molecule has 0 aliphatic carbocycles. The molecule has 1 aromatic carbocycles. The molecule has 0 spiro atoms. The first-order valence-corrected chi connectivity index (χ1v) is 9.70. The van der Waals surface area contributed by atoms with E-state index in [1.54, 1.807) is 35.5 Å². The molecular weight excluding hydrogens is 392 g/mol. The lowest BCUT2D eigenvalue weighted by Gasteiger charge is -2.23. The van der Waals surface area contributed by atoms with Crippen molar-refractivity contribution in [3.05, 3.63) is 71.1 Å². The van der Waals surface area contributed by atoms with E-state index in [0.717, 1.165) is 12.0 Å². The van der Waals surface area contributed by atoms with Crippen LogP contribution in [0.25, 0.3) is 11.3 Å². The summed E-state index contributed by atoms with van der Waals surface area (Å²) in [6.07, 6.45) is 4.72. The minimum absolute atomic E-state index is 0.161. The molecular formula is C21H19ClN4O3. The number of carbonyl (C=O) groups excluding carboxylic acids is 2. The summed E-state index contributed by atoms with van der Waals surface area (Å²) in [5.74, 6) is -0.0899. The van der Waals surface area contributed by atoms with E-state index in [0.29, 0.717) is 35.9 Å². The molecule has 1 fully saturated rings. The zero-order valence-electron chi connectivity index (χ0n) is 15.5. The summed E-state index contributed by atoms with van der Waals surface area (Å²) in [6, 6.07) is 11.9. The molecule has 8 heteroatoms. The highest BCUT2D eigenvalue weighted by Gasteiger charge is 2.35. The second-order valence-corrected chi connectivity index (χ2v) is 7.19. The van der Waals surface area contributed by atoms with Crippen LogP contribution in [0.4, 0.5) is 0 Å². The van der Waals surface area contributed by atoms with Crippen molar-refractivity contribution in [3.63, 3.8) is 0 Å². The summed E-state index contributed by atoms with van der Waals surface area (Å²) in [5.41, 5.74) is 1.77. The third-order valence-electron chi connectivity index (χ3n) is 4.90. The van der Waals surface area contributed by atoms with Gasteiger partial charge in [-0.1, -0.05) is 28.9 Å². The first-order chi connectivity index (χ1) is 14.1. The van der Waals surface area contributed by atoms with Gasteiger partial charge >= 0.3 is 0 Å². The Kier molecular flexibility index (Phi) is 5.57. The number of benzene rings is 1. The SMILES string of the molecule is O=C(NCc1ccncc1)[C@H]1CCCN1C(=O)c1cc(-c2ccccc2Cl)on1. The van der Waals surface area contributed by atoms with Crippen LogP contribution in [0.3, 0.4) is 0 Å². The van der Waals surface area contributed by atoms with Gasteiger partial charge in [-0.2, -0.15) is 0 Å². The first-order valence-electron chi connectivity index (χ1n) is 9.32. The molecule has 29 heavy (non-hydrogen) atoms. The summed E-state index contributed by atoms with van der Waals surface area (Å²) < 4.78 is 5.32. The highest BCUT2D eigenvalue weighted by atomic mass is 35.5. The molecule has 1 atom stereocenters. The van der Waals surface area contributed by atoms with Crippen molar-refractivity contribution in [3.8, 4) is 11.3 Å². The van der Waals surface area contributed by atoms with Crippen LogP contribution in [0, 0.1) is 0 Å². The molecule has 2 aromatic heterocycles. The molecule has 0 radical (unpaired) electrons. The normalized spacial score (nSPS) is 16.0. The smallest absolute Gasteiger partial charge is 0.276 e. The quantitative estimate of drug-likeness (QED) is 0.697. The van der Waals surface area contributed by atoms with Crippen LogP contribution in [0.2, 0.25) is 5.02 Å². The van der Waals surface area contributed by atoms with Crippen molar-refractivity contribution >= 4 is 23.4 Å². The van der Waals surface area contributed by atoms with Crippen LogP contribution in [0.15, 0.2) is 59.4 Å². The number of nitrogens with zero attached hydrogens (tertiary/aromatic N) is 3. The van der Waals surface area contributed by atoms with Crippen molar-refractivity contribution < 1.29 is 14.1 Å². The Labute approximate surface area is 172 Å². The third-order valence-corrected chi connectivity index (χ3v) is 5.23. The predicted octanol–water partition coefficient (Wildman–Crippen LogP) is 3.31. The number of hydrogen-bond acceptors (Lipinski definition) is 5. The molecule has 1 aliphatic rings. The lowest BCUT2D eigenvalue weighted by Crippen LogP contribution is -2.45. The Morgan fingerprint density at radius 2 is 2.00 bits per heavy atom. The minimum Gasteiger partial charge on any atom is -0.355 e. The summed E-state index contributed by atoms with van der Waals surface area (Å²) in [4.78, 5) is 31.1. The van der Waals surface area contributed by atoms with E-state index in [-0.39, 0.29) is 17.5 Å². The number of carbonyl (C=O) groups is 2. The second-order valence-electron chi connectivity index (χ2n) is 6.79. The van der Waals surface area contributed by atoms with Gasteiger partial charge < -0.3 is 14.7 Å². The van der Waals surface area contributed by atoms with Gasteiger partial charge in [-0.05, 0) is 42.7 Å². The lowest BCUT2D eigenvalue weighted by molar-refractivity contribution is -0.125. The van der Waals surface area contributed by atoms with Crippen molar-refractivity contribution in [1.82, 2.24) is 20.4 Å². The van der Waals surface area contributed by atoms with Crippen molar-refractivity contribution in [1.29, 1.82) is 0 Å². The van der Waals surface area contributed by atoms with Crippen LogP contribution in [-0.4, -0.2) is 39.4 Å². The fraction of sp³-hybridized carbons (Fsp3) is 0.238. The third kappa shape index (κ3) is 4.14. The monoisotopic (exact) mass is 410 g/mol. The Morgan fingerprint density at radius 3 is 2.79 bits per heavy atom. The molecule has 1 aliphatic heterocycles. The van der Waals surface area contributed by atoms with E-state index < -0.39 is 6.04 Å². The summed E-state index contributed by atoms with van der Waals surface area (Å²) in [7, 11) is 0. The molecule has 0 bridgehead atoms. The van der Waals surface area contributed by atoms with Gasteiger partial charge in [0.1, 0.15) is 6.04 Å². The van der Waals surface area contributed by atoms with Crippen LogP contribution < -0.4 is 5.32 Å². The largest absolute Gasteiger partial charge is 0.355 e. The number of halogens is 1. The maximum absolute atomic E-state index is 12.9. The Hall–Kier alpha value is -3.19. The Morgan fingerprint density at radius 1 is 1.21 bits per heavy atom. The molecule has 0 saturated carbocycles. The van der Waals surface area contributed by atoms with Gasteiger partial charge in [0.2, 0.25) is 5.91 Å². The molecule has 1 saturated heterocycles. The zero-order chi connectivity index (χ0) is 20.2. The number of likely N-dealkylation sites (tertiary alicyclic amines) is 1. The molecule has 7 nitrogen and oxygen atoms in total. The van der Waals surface area contributed by atoms with Crippen LogP contribution >= 0.6 is 11.6 Å². The average Bonchev–Trinajstić information content (AvgIpc) is 3.43. The topological polar surface area (TPSA) is 88.3 Å². The van der Waals surface area contributed by atoms with Gasteiger partial charge in [0.05, 0.1) is 5.02 Å². The molecule has 3 aromatic rings. The molecule has 2 amide bonds. The highest BCUT2D eigenvalue weighted by Crippen LogP contribution is 2.29. The van der Waals surface area contributed by atoms with Crippen molar-refractivity contribution in [2.75, 3.05) is 6.54 Å². The van der Waals surface area contributed by atoms with E-state index in [4.69, 9.17) is 16.1 Å². The van der Waals surface area contributed by atoms with E-state index in [9.17, 15) is 9.59 Å². The number of rotatable bonds is 5. The average molecular weight is 411 g/mol. The molecule has 4 rings (SSSR count). The molecule has 0 unspecified atom stereocenters. The number of aromatic nitrogens is 2. The molecule has 3 heterocycles. The maximum atomic E-state index is 12.9. The minimum atomic E-state index is -0.523. The fourth-order valence-electron chi connectivity index (χ4n) is 3.40. The van der Waals surface area contributed by atoms with Crippen LogP contribution in [0.5, 0.6) is 0 Å². The van der Waals surface area contributed by atoms with E-state index in [1.807, 2.05) is 24.3 Å². The standard InChI is InChI=1S/C21H19ClN4O3/c22-16-5-2-1-4-15(16)19-12-17(25-29-19)21(28)26-11-3-6-18(26)20(27)24-13-14-7-9-23-10-8-14/h1-2,4-5,7-10,12,18H,3,6,11,13H2,(H,24,27)/t18-/m1/s1. The summed E-state index contributed by atoms with van der Waals surface area (Å²) >= 11 is 6.18. The summed E-state index contributed by atoms with van der Waals surface area (Å²) in [6.45, 7) is 0.890. The van der Waals surface area contributed by atoms with Crippen LogP contribution in [-0.2, 0) is 11.3 Å². The Balaban J connectivity index is 1.45.